The third-order valence-electron chi connectivity index (χ3n) is 5.68. The van der Waals surface area contributed by atoms with Crippen molar-refractivity contribution in [1.29, 1.82) is 0 Å². The Balaban J connectivity index is 1.54. The van der Waals surface area contributed by atoms with Crippen molar-refractivity contribution < 1.29 is 18.9 Å². The Kier molecular flexibility index (Phi) is 4.66. The maximum absolute atomic E-state index is 6.33. The number of fused-ring (bicyclic) bond motifs is 4. The van der Waals surface area contributed by atoms with Gasteiger partial charge in [-0.3, -0.25) is 0 Å². The first-order chi connectivity index (χ1) is 15.2. The summed E-state index contributed by atoms with van der Waals surface area (Å²) in [7, 11) is 0. The average molecular weight is 521 g/mol. The molecule has 4 aliphatic heterocycles. The zero-order valence-corrected chi connectivity index (χ0v) is 23.4. The van der Waals surface area contributed by atoms with Crippen LogP contribution in [0.5, 0.6) is 23.0 Å². The lowest BCUT2D eigenvalue weighted by molar-refractivity contribution is -0.0487. The minimum atomic E-state index is -0.721. The molecule has 0 aliphatic carbocycles. The molecule has 0 saturated carbocycles. The Morgan fingerprint density at radius 2 is 1.03 bits per heavy atom. The first-order valence-corrected chi connectivity index (χ1v) is 14.4. The number of rotatable bonds is 2. The van der Waals surface area contributed by atoms with Crippen LogP contribution in [-0.2, 0) is 6.42 Å². The molecule has 0 saturated heterocycles. The van der Waals surface area contributed by atoms with Gasteiger partial charge in [0, 0.05) is 65.3 Å². The molecule has 0 fully saturated rings. The van der Waals surface area contributed by atoms with E-state index in [-0.39, 0.29) is 8.16 Å². The van der Waals surface area contributed by atoms with Crippen molar-refractivity contribution in [3.8, 4) is 23.0 Å². The summed E-state index contributed by atoms with van der Waals surface area (Å²) >= 11 is 7.86. The normalized spacial score (nSPS) is 23.5. The molecule has 0 unspecified atom stereocenters. The highest BCUT2D eigenvalue weighted by molar-refractivity contribution is 8.21. The smallest absolute Gasteiger partial charge is 0.246 e. The van der Waals surface area contributed by atoms with E-state index in [1.165, 1.54) is 25.1 Å². The maximum Gasteiger partial charge on any atom is 0.246 e. The largest absolute Gasteiger partial charge is 0.449 e. The second kappa shape index (κ2) is 6.83. The standard InChI is InChI=1S/C25H28O4S4/c1-22(2)26-14-10-15-19(29-23(3,4)27-15)12(18(14)28-22)9-13-20-16(30-24(5,6)32-20)11-17-21(13)33-25(7,8)31-17/h10-11H,9H2,1-8H3. The zero-order valence-electron chi connectivity index (χ0n) is 20.1. The third-order valence-corrected chi connectivity index (χ3v) is 11.3. The lowest BCUT2D eigenvalue weighted by Gasteiger charge is -2.20. The SMILES string of the molecule is CC1(C)Oc2cc3c(c(Cc4c5c(cc6c4SC(C)(C)S6)SC(C)(C)S5)c2O1)OC(C)(C)O3. The van der Waals surface area contributed by atoms with E-state index in [1.54, 1.807) is 0 Å². The Morgan fingerprint density at radius 1 is 0.576 bits per heavy atom. The number of benzene rings is 2. The molecule has 0 amide bonds. The first-order valence-electron chi connectivity index (χ1n) is 11.1. The summed E-state index contributed by atoms with van der Waals surface area (Å²) in [6, 6.07) is 4.32. The Bertz CT molecular complexity index is 1040. The van der Waals surface area contributed by atoms with Crippen LogP contribution < -0.4 is 18.9 Å². The van der Waals surface area contributed by atoms with E-state index in [4.69, 9.17) is 18.9 Å². The minimum absolute atomic E-state index is 0.112. The van der Waals surface area contributed by atoms with Crippen LogP contribution in [0, 0.1) is 0 Å². The van der Waals surface area contributed by atoms with Gasteiger partial charge in [-0.05, 0) is 39.3 Å². The van der Waals surface area contributed by atoms with Crippen LogP contribution in [0.2, 0.25) is 0 Å². The molecule has 4 heterocycles. The lowest BCUT2D eigenvalue weighted by Crippen LogP contribution is -2.30. The third kappa shape index (κ3) is 3.80. The number of hydrogen-bond acceptors (Lipinski definition) is 8. The van der Waals surface area contributed by atoms with Gasteiger partial charge in [0.05, 0.1) is 8.16 Å². The van der Waals surface area contributed by atoms with Gasteiger partial charge in [0.2, 0.25) is 11.6 Å². The van der Waals surface area contributed by atoms with Crippen LogP contribution in [-0.4, -0.2) is 19.7 Å². The molecule has 8 heteroatoms. The van der Waals surface area contributed by atoms with Gasteiger partial charge in [-0.15, -0.1) is 47.0 Å². The van der Waals surface area contributed by atoms with E-state index in [0.29, 0.717) is 6.42 Å². The summed E-state index contributed by atoms with van der Waals surface area (Å²) in [5.41, 5.74) is 2.38. The quantitative estimate of drug-likeness (QED) is 0.392. The lowest BCUT2D eigenvalue weighted by atomic mass is 10.0. The number of hydrogen-bond donors (Lipinski definition) is 0. The van der Waals surface area contributed by atoms with Crippen molar-refractivity contribution in [2.75, 3.05) is 0 Å². The minimum Gasteiger partial charge on any atom is -0.449 e. The molecule has 0 atom stereocenters. The Morgan fingerprint density at radius 3 is 1.48 bits per heavy atom. The van der Waals surface area contributed by atoms with E-state index in [1.807, 2.05) is 80.8 Å². The summed E-state index contributed by atoms with van der Waals surface area (Å²) in [5.74, 6) is 1.56. The molecular formula is C25H28O4S4. The topological polar surface area (TPSA) is 36.9 Å². The van der Waals surface area contributed by atoms with E-state index >= 15 is 0 Å². The van der Waals surface area contributed by atoms with E-state index in [9.17, 15) is 0 Å². The van der Waals surface area contributed by atoms with Crippen molar-refractivity contribution in [3.05, 3.63) is 23.3 Å². The van der Waals surface area contributed by atoms with Crippen LogP contribution in [0.1, 0.15) is 66.5 Å². The average Bonchev–Trinajstić information content (AvgIpc) is 3.31. The molecule has 4 nitrogen and oxygen atoms in total. The van der Waals surface area contributed by atoms with Crippen LogP contribution in [0.15, 0.2) is 31.7 Å². The summed E-state index contributed by atoms with van der Waals surface area (Å²) in [5, 5.41) is 0. The summed E-state index contributed by atoms with van der Waals surface area (Å²) < 4.78 is 25.2. The van der Waals surface area contributed by atoms with Crippen LogP contribution in [0.3, 0.4) is 0 Å². The predicted octanol–water partition coefficient (Wildman–Crippen LogP) is 8.16. The Hall–Kier alpha value is -0.960. The van der Waals surface area contributed by atoms with Gasteiger partial charge < -0.3 is 18.9 Å². The van der Waals surface area contributed by atoms with Gasteiger partial charge in [0.1, 0.15) is 0 Å². The molecule has 2 aromatic rings. The predicted molar refractivity (Wildman–Crippen MR) is 138 cm³/mol. The second-order valence-electron chi connectivity index (χ2n) is 10.6. The maximum atomic E-state index is 6.33. The molecular weight excluding hydrogens is 493 g/mol. The summed E-state index contributed by atoms with van der Waals surface area (Å²) in [4.78, 5) is 5.53. The van der Waals surface area contributed by atoms with E-state index < -0.39 is 11.6 Å². The molecule has 176 valence electrons. The molecule has 4 aliphatic rings. The van der Waals surface area contributed by atoms with Gasteiger partial charge >= 0.3 is 0 Å². The van der Waals surface area contributed by atoms with Crippen molar-refractivity contribution in [2.24, 2.45) is 0 Å². The van der Waals surface area contributed by atoms with Crippen molar-refractivity contribution in [2.45, 2.75) is 101 Å². The van der Waals surface area contributed by atoms with E-state index in [2.05, 4.69) is 33.8 Å². The molecule has 2 aromatic carbocycles. The molecule has 0 radical (unpaired) electrons. The van der Waals surface area contributed by atoms with Crippen molar-refractivity contribution in [3.63, 3.8) is 0 Å². The van der Waals surface area contributed by atoms with Crippen LogP contribution in [0.4, 0.5) is 0 Å². The van der Waals surface area contributed by atoms with Crippen molar-refractivity contribution >= 4 is 47.0 Å². The molecule has 0 aromatic heterocycles. The molecule has 0 spiro atoms. The van der Waals surface area contributed by atoms with Crippen LogP contribution >= 0.6 is 47.0 Å². The fourth-order valence-corrected chi connectivity index (χ4v) is 10.4. The molecule has 6 rings (SSSR count). The van der Waals surface area contributed by atoms with E-state index in [0.717, 1.165) is 28.6 Å². The highest BCUT2D eigenvalue weighted by atomic mass is 32.2. The van der Waals surface area contributed by atoms with Gasteiger partial charge in [0.15, 0.2) is 23.0 Å². The van der Waals surface area contributed by atoms with Gasteiger partial charge in [-0.2, -0.15) is 0 Å². The first kappa shape index (κ1) is 22.5. The molecule has 0 bridgehead atoms. The van der Waals surface area contributed by atoms with Gasteiger partial charge in [-0.25, -0.2) is 0 Å². The highest BCUT2D eigenvalue weighted by Gasteiger charge is 2.44. The molecule has 0 N–H and O–H groups in total. The molecule has 33 heavy (non-hydrogen) atoms. The monoisotopic (exact) mass is 520 g/mol. The second-order valence-corrected chi connectivity index (χ2v) is 17.7. The fourth-order valence-electron chi connectivity index (χ4n) is 4.68. The Labute approximate surface area is 212 Å². The van der Waals surface area contributed by atoms with Gasteiger partial charge in [0.25, 0.3) is 0 Å². The fraction of sp³-hybridized carbons (Fsp3) is 0.520. The number of thioether (sulfide) groups is 4. The van der Waals surface area contributed by atoms with Gasteiger partial charge in [-0.1, -0.05) is 0 Å². The number of ether oxygens (including phenoxy) is 4. The van der Waals surface area contributed by atoms with Crippen molar-refractivity contribution in [1.82, 2.24) is 0 Å². The van der Waals surface area contributed by atoms with Crippen LogP contribution in [0.25, 0.3) is 0 Å². The summed E-state index contributed by atoms with van der Waals surface area (Å²) in [6.45, 7) is 17.0. The highest BCUT2D eigenvalue weighted by Crippen LogP contribution is 2.65. The zero-order chi connectivity index (χ0) is 23.6. The summed E-state index contributed by atoms with van der Waals surface area (Å²) in [6.07, 6.45) is 0.711.